The smallest absolute Gasteiger partial charge is 0.150 e. The van der Waals surface area contributed by atoms with Gasteiger partial charge in [-0.15, -0.1) is 0 Å². The summed E-state index contributed by atoms with van der Waals surface area (Å²) in [5, 5.41) is 0. The molecule has 0 N–H and O–H groups in total. The quantitative estimate of drug-likeness (QED) is 0.679. The highest BCUT2D eigenvalue weighted by Gasteiger charge is 2.35. The van der Waals surface area contributed by atoms with Crippen LogP contribution in [-0.2, 0) is 9.84 Å². The Bertz CT molecular complexity index is 309. The topological polar surface area (TPSA) is 46.5 Å². The van der Waals surface area contributed by atoms with Gasteiger partial charge in [-0.25, -0.2) is 8.42 Å². The van der Waals surface area contributed by atoms with Crippen molar-refractivity contribution in [3.8, 4) is 0 Å². The van der Waals surface area contributed by atoms with Crippen molar-refractivity contribution in [1.29, 1.82) is 0 Å². The summed E-state index contributed by atoms with van der Waals surface area (Å²) < 4.78 is 23.1. The molecule has 2 atom stereocenters. The molecular weight excluding hydrogens is 210 g/mol. The van der Waals surface area contributed by atoms with Crippen LogP contribution in [0.15, 0.2) is 4.99 Å². The van der Waals surface area contributed by atoms with Gasteiger partial charge in [0.05, 0.1) is 11.5 Å². The van der Waals surface area contributed by atoms with Crippen LogP contribution in [0.5, 0.6) is 0 Å². The van der Waals surface area contributed by atoms with E-state index in [9.17, 15) is 8.42 Å². The van der Waals surface area contributed by atoms with Gasteiger partial charge in [0.1, 0.15) is 0 Å². The molecule has 2 unspecified atom stereocenters. The number of rotatable bonds is 5. The van der Waals surface area contributed by atoms with Crippen LogP contribution in [-0.4, -0.2) is 33.2 Å². The molecule has 0 spiro atoms. The minimum absolute atomic E-state index is 0.368. The van der Waals surface area contributed by atoms with E-state index in [-0.39, 0.29) is 0 Å². The number of nitrogens with zero attached hydrogens (tertiary/aromatic N) is 1. The maximum atomic E-state index is 11.5. The number of hydrogen-bond donors (Lipinski definition) is 0. The van der Waals surface area contributed by atoms with Gasteiger partial charge in [0.2, 0.25) is 0 Å². The van der Waals surface area contributed by atoms with E-state index in [1.807, 2.05) is 6.21 Å². The summed E-state index contributed by atoms with van der Waals surface area (Å²) in [5.74, 6) is 1.57. The van der Waals surface area contributed by atoms with E-state index >= 15 is 0 Å². The first-order valence-electron chi connectivity index (χ1n) is 5.70. The van der Waals surface area contributed by atoms with Crippen molar-refractivity contribution in [2.45, 2.75) is 32.6 Å². The first-order valence-corrected chi connectivity index (χ1v) is 7.52. The number of sulfone groups is 1. The molecule has 0 aliphatic carbocycles. The van der Waals surface area contributed by atoms with Gasteiger partial charge in [0, 0.05) is 7.05 Å². The first kappa shape index (κ1) is 12.7. The fourth-order valence-corrected chi connectivity index (χ4v) is 4.74. The molecule has 0 aromatic rings. The van der Waals surface area contributed by atoms with Gasteiger partial charge in [0.15, 0.2) is 9.84 Å². The van der Waals surface area contributed by atoms with Gasteiger partial charge < -0.3 is 4.99 Å². The molecule has 1 heterocycles. The second kappa shape index (κ2) is 5.64. The lowest BCUT2D eigenvalue weighted by Crippen LogP contribution is -2.12. The first-order chi connectivity index (χ1) is 7.09. The normalized spacial score (nSPS) is 30.0. The molecule has 1 fully saturated rings. The predicted molar refractivity (Wildman–Crippen MR) is 64.2 cm³/mol. The van der Waals surface area contributed by atoms with Crippen molar-refractivity contribution in [3.63, 3.8) is 0 Å². The van der Waals surface area contributed by atoms with E-state index in [0.29, 0.717) is 23.3 Å². The summed E-state index contributed by atoms with van der Waals surface area (Å²) in [6.07, 6.45) is 5.90. The zero-order valence-corrected chi connectivity index (χ0v) is 10.5. The van der Waals surface area contributed by atoms with Crippen LogP contribution in [0.1, 0.15) is 32.6 Å². The summed E-state index contributed by atoms with van der Waals surface area (Å²) in [6, 6.07) is 0. The van der Waals surface area contributed by atoms with Crippen molar-refractivity contribution in [3.05, 3.63) is 0 Å². The van der Waals surface area contributed by atoms with Crippen LogP contribution >= 0.6 is 0 Å². The molecule has 15 heavy (non-hydrogen) atoms. The zero-order valence-electron chi connectivity index (χ0n) is 9.65. The van der Waals surface area contributed by atoms with Gasteiger partial charge in [-0.3, -0.25) is 0 Å². The molecule has 88 valence electrons. The van der Waals surface area contributed by atoms with E-state index in [1.165, 1.54) is 0 Å². The van der Waals surface area contributed by atoms with Crippen LogP contribution in [0, 0.1) is 11.8 Å². The maximum Gasteiger partial charge on any atom is 0.150 e. The van der Waals surface area contributed by atoms with Gasteiger partial charge >= 0.3 is 0 Å². The molecule has 0 bridgehead atoms. The summed E-state index contributed by atoms with van der Waals surface area (Å²) in [6.45, 7) is 2.12. The fraction of sp³-hybridized carbons (Fsp3) is 0.909. The summed E-state index contributed by atoms with van der Waals surface area (Å²) in [7, 11) is -0.990. The van der Waals surface area contributed by atoms with Crippen LogP contribution in [0.3, 0.4) is 0 Å². The standard InChI is InChI=1S/C11H21NO2S/c1-3-5-10-8-15(13,14)9-11(10)6-4-7-12-2/h7,10-11H,3-6,8-9H2,1-2H3/b12-7-. The van der Waals surface area contributed by atoms with E-state index in [2.05, 4.69) is 11.9 Å². The Morgan fingerprint density at radius 1 is 1.27 bits per heavy atom. The fourth-order valence-electron chi connectivity index (χ4n) is 2.42. The van der Waals surface area contributed by atoms with Crippen molar-refractivity contribution in [2.24, 2.45) is 16.8 Å². The van der Waals surface area contributed by atoms with Crippen molar-refractivity contribution in [2.75, 3.05) is 18.6 Å². The van der Waals surface area contributed by atoms with Crippen molar-refractivity contribution >= 4 is 16.1 Å². The molecule has 1 saturated heterocycles. The Morgan fingerprint density at radius 2 is 1.87 bits per heavy atom. The lowest BCUT2D eigenvalue weighted by molar-refractivity contribution is 0.374. The SMILES string of the molecule is CCCC1CS(=O)(=O)CC1CC/C=N\C. The highest BCUT2D eigenvalue weighted by atomic mass is 32.2. The number of hydrogen-bond acceptors (Lipinski definition) is 3. The summed E-state index contributed by atoms with van der Waals surface area (Å²) >= 11 is 0. The van der Waals surface area contributed by atoms with Crippen molar-refractivity contribution in [1.82, 2.24) is 0 Å². The number of aliphatic imine (C=N–C) groups is 1. The molecule has 1 rings (SSSR count). The summed E-state index contributed by atoms with van der Waals surface area (Å²) in [4.78, 5) is 3.93. The molecule has 0 saturated carbocycles. The highest BCUT2D eigenvalue weighted by Crippen LogP contribution is 2.32. The largest absolute Gasteiger partial charge is 0.301 e. The highest BCUT2D eigenvalue weighted by molar-refractivity contribution is 7.91. The average Bonchev–Trinajstić information content (AvgIpc) is 2.42. The predicted octanol–water partition coefficient (Wildman–Crippen LogP) is 1.93. The lowest BCUT2D eigenvalue weighted by atomic mass is 9.88. The van der Waals surface area contributed by atoms with Crippen LogP contribution in [0.2, 0.25) is 0 Å². The second-order valence-corrected chi connectivity index (χ2v) is 6.56. The molecule has 3 nitrogen and oxygen atoms in total. The average molecular weight is 231 g/mol. The lowest BCUT2D eigenvalue weighted by Gasteiger charge is -2.15. The van der Waals surface area contributed by atoms with E-state index in [1.54, 1.807) is 7.05 Å². The third kappa shape index (κ3) is 3.93. The molecule has 4 heteroatoms. The Hall–Kier alpha value is -0.380. The Morgan fingerprint density at radius 3 is 2.40 bits per heavy atom. The van der Waals surface area contributed by atoms with Crippen LogP contribution < -0.4 is 0 Å². The van der Waals surface area contributed by atoms with Gasteiger partial charge in [0.25, 0.3) is 0 Å². The Kier molecular flexibility index (Phi) is 4.77. The monoisotopic (exact) mass is 231 g/mol. The van der Waals surface area contributed by atoms with Gasteiger partial charge in [-0.2, -0.15) is 0 Å². The molecular formula is C11H21NO2S. The molecule has 1 aliphatic heterocycles. The van der Waals surface area contributed by atoms with Crippen molar-refractivity contribution < 1.29 is 8.42 Å². The Labute approximate surface area is 92.9 Å². The summed E-state index contributed by atoms with van der Waals surface area (Å²) in [5.41, 5.74) is 0. The molecule has 0 aromatic heterocycles. The molecule has 0 aromatic carbocycles. The van der Waals surface area contributed by atoms with Gasteiger partial charge in [-0.1, -0.05) is 13.3 Å². The second-order valence-electron chi connectivity index (χ2n) is 4.40. The van der Waals surface area contributed by atoms with Crippen LogP contribution in [0.25, 0.3) is 0 Å². The molecule has 1 aliphatic rings. The maximum absolute atomic E-state index is 11.5. The third-order valence-electron chi connectivity index (χ3n) is 3.11. The van der Waals surface area contributed by atoms with E-state index in [0.717, 1.165) is 25.7 Å². The minimum Gasteiger partial charge on any atom is -0.301 e. The molecule has 0 radical (unpaired) electrons. The molecule has 0 amide bonds. The third-order valence-corrected chi connectivity index (χ3v) is 4.98. The minimum atomic E-state index is -2.75. The van der Waals surface area contributed by atoms with Gasteiger partial charge in [-0.05, 0) is 37.3 Å². The Balaban J connectivity index is 2.52. The zero-order chi connectivity index (χ0) is 11.3. The van der Waals surface area contributed by atoms with E-state index in [4.69, 9.17) is 0 Å². The van der Waals surface area contributed by atoms with E-state index < -0.39 is 9.84 Å². The van der Waals surface area contributed by atoms with Crippen LogP contribution in [0.4, 0.5) is 0 Å².